The molecule has 7 heteroatoms. The minimum absolute atomic E-state index is 0.00788. The Kier molecular flexibility index (Phi) is 3.73. The molecule has 1 aromatic rings. The maximum absolute atomic E-state index is 13.5. The first kappa shape index (κ1) is 12.3. The Morgan fingerprint density at radius 2 is 2.25 bits per heavy atom. The van der Waals surface area contributed by atoms with Crippen LogP contribution >= 0.6 is 0 Å². The molecule has 1 aromatic heterocycles. The summed E-state index contributed by atoms with van der Waals surface area (Å²) in [5, 5.41) is 8.61. The second kappa shape index (κ2) is 4.84. The molecule has 1 atom stereocenters. The molecule has 0 aliphatic heterocycles. The molecule has 0 aliphatic carbocycles. The standard InChI is InChI=1S/C9H12FN3O3/c1-4-7(10)6(3-5(11)8(14)15)13-9(12-4)16-2/h5H,3,11H2,1-2H3,(H,14,15). The van der Waals surface area contributed by atoms with E-state index in [0.29, 0.717) is 0 Å². The molecule has 0 fully saturated rings. The smallest absolute Gasteiger partial charge is 0.320 e. The number of nitrogens with zero attached hydrogens (tertiary/aromatic N) is 2. The highest BCUT2D eigenvalue weighted by molar-refractivity contribution is 5.73. The van der Waals surface area contributed by atoms with Crippen LogP contribution in [0.1, 0.15) is 11.4 Å². The number of nitrogens with two attached hydrogens (primary N) is 1. The number of rotatable bonds is 4. The molecule has 0 amide bonds. The summed E-state index contributed by atoms with van der Waals surface area (Å²) in [6, 6.07) is -1.21. The second-order valence-corrected chi connectivity index (χ2v) is 3.21. The lowest BCUT2D eigenvalue weighted by Gasteiger charge is -2.09. The van der Waals surface area contributed by atoms with E-state index in [1.54, 1.807) is 0 Å². The summed E-state index contributed by atoms with van der Waals surface area (Å²) in [4.78, 5) is 18.0. The van der Waals surface area contributed by atoms with Crippen LogP contribution in [0.3, 0.4) is 0 Å². The number of carboxylic acids is 1. The summed E-state index contributed by atoms with van der Waals surface area (Å²) in [6.07, 6.45) is -0.207. The van der Waals surface area contributed by atoms with Crippen molar-refractivity contribution in [2.75, 3.05) is 7.11 Å². The predicted molar refractivity (Wildman–Crippen MR) is 52.6 cm³/mol. The number of aryl methyl sites for hydroxylation is 1. The molecule has 0 radical (unpaired) electrons. The van der Waals surface area contributed by atoms with Crippen LogP contribution in [0.5, 0.6) is 6.01 Å². The number of halogens is 1. The van der Waals surface area contributed by atoms with E-state index in [1.807, 2.05) is 0 Å². The van der Waals surface area contributed by atoms with Gasteiger partial charge in [0, 0.05) is 6.42 Å². The quantitative estimate of drug-likeness (QED) is 0.747. The van der Waals surface area contributed by atoms with Crippen LogP contribution in [-0.2, 0) is 11.2 Å². The van der Waals surface area contributed by atoms with Crippen molar-refractivity contribution in [1.82, 2.24) is 9.97 Å². The van der Waals surface area contributed by atoms with Gasteiger partial charge in [0.05, 0.1) is 18.5 Å². The molecule has 1 heterocycles. The van der Waals surface area contributed by atoms with Crippen molar-refractivity contribution in [1.29, 1.82) is 0 Å². The van der Waals surface area contributed by atoms with Crippen molar-refractivity contribution in [3.63, 3.8) is 0 Å². The van der Waals surface area contributed by atoms with Crippen molar-refractivity contribution >= 4 is 5.97 Å². The summed E-state index contributed by atoms with van der Waals surface area (Å²) in [7, 11) is 1.34. The first-order valence-corrected chi connectivity index (χ1v) is 4.51. The Morgan fingerprint density at radius 3 is 2.75 bits per heavy atom. The largest absolute Gasteiger partial charge is 0.480 e. The maximum Gasteiger partial charge on any atom is 0.320 e. The van der Waals surface area contributed by atoms with Gasteiger partial charge in [-0.15, -0.1) is 0 Å². The van der Waals surface area contributed by atoms with Crippen molar-refractivity contribution < 1.29 is 19.0 Å². The van der Waals surface area contributed by atoms with E-state index in [2.05, 4.69) is 9.97 Å². The van der Waals surface area contributed by atoms with Crippen molar-refractivity contribution in [2.24, 2.45) is 5.73 Å². The fraction of sp³-hybridized carbons (Fsp3) is 0.444. The Labute approximate surface area is 91.3 Å². The van der Waals surface area contributed by atoms with Gasteiger partial charge in [-0.05, 0) is 6.92 Å². The van der Waals surface area contributed by atoms with Crippen molar-refractivity contribution in [3.8, 4) is 6.01 Å². The third-order valence-electron chi connectivity index (χ3n) is 1.98. The SMILES string of the molecule is COc1nc(C)c(F)c(CC(N)C(=O)O)n1. The second-order valence-electron chi connectivity index (χ2n) is 3.21. The first-order valence-electron chi connectivity index (χ1n) is 4.51. The van der Waals surface area contributed by atoms with Crippen LogP contribution in [0.25, 0.3) is 0 Å². The van der Waals surface area contributed by atoms with Gasteiger partial charge in [0.2, 0.25) is 0 Å². The molecule has 0 saturated heterocycles. The molecule has 3 N–H and O–H groups in total. The normalized spacial score (nSPS) is 12.2. The molecule has 1 rings (SSSR count). The van der Waals surface area contributed by atoms with E-state index >= 15 is 0 Å². The van der Waals surface area contributed by atoms with Crippen LogP contribution in [0, 0.1) is 12.7 Å². The zero-order chi connectivity index (χ0) is 12.3. The molecular weight excluding hydrogens is 217 g/mol. The summed E-state index contributed by atoms with van der Waals surface area (Å²) in [5.41, 5.74) is 5.33. The molecule has 0 aromatic carbocycles. The molecule has 0 spiro atoms. The summed E-state index contributed by atoms with van der Waals surface area (Å²) >= 11 is 0. The molecule has 6 nitrogen and oxygen atoms in total. The fourth-order valence-corrected chi connectivity index (χ4v) is 1.11. The first-order chi connectivity index (χ1) is 7.45. The van der Waals surface area contributed by atoms with E-state index in [1.165, 1.54) is 14.0 Å². The molecule has 0 aliphatic rings. The van der Waals surface area contributed by atoms with Gasteiger partial charge in [-0.3, -0.25) is 4.79 Å². The van der Waals surface area contributed by atoms with Gasteiger partial charge in [-0.1, -0.05) is 0 Å². The van der Waals surface area contributed by atoms with Gasteiger partial charge in [0.1, 0.15) is 6.04 Å². The summed E-state index contributed by atoms with van der Waals surface area (Å²) in [5.74, 6) is -1.87. The highest BCUT2D eigenvalue weighted by Gasteiger charge is 2.18. The van der Waals surface area contributed by atoms with E-state index in [0.717, 1.165) is 0 Å². The van der Waals surface area contributed by atoms with Gasteiger partial charge < -0.3 is 15.6 Å². The molecular formula is C9H12FN3O3. The number of carbonyl (C=O) groups is 1. The van der Waals surface area contributed by atoms with E-state index in [-0.39, 0.29) is 23.8 Å². The Hall–Kier alpha value is -1.76. The molecule has 16 heavy (non-hydrogen) atoms. The van der Waals surface area contributed by atoms with E-state index in [9.17, 15) is 9.18 Å². The highest BCUT2D eigenvalue weighted by atomic mass is 19.1. The number of ether oxygens (including phenoxy) is 1. The lowest BCUT2D eigenvalue weighted by molar-refractivity contribution is -0.138. The molecule has 1 unspecified atom stereocenters. The topological polar surface area (TPSA) is 98.3 Å². The number of carboxylic acid groups (broad SMARTS) is 1. The van der Waals surface area contributed by atoms with Gasteiger partial charge in [-0.25, -0.2) is 4.39 Å². The Balaban J connectivity index is 3.03. The number of methoxy groups -OCH3 is 1. The molecule has 88 valence electrons. The minimum atomic E-state index is -1.21. The third kappa shape index (κ3) is 2.63. The highest BCUT2D eigenvalue weighted by Crippen LogP contribution is 2.13. The summed E-state index contributed by atoms with van der Waals surface area (Å²) < 4.78 is 18.3. The maximum atomic E-state index is 13.5. The van der Waals surface area contributed by atoms with Crippen LogP contribution in [0.15, 0.2) is 0 Å². The number of hydrogen-bond donors (Lipinski definition) is 2. The Bertz CT molecular complexity index is 411. The van der Waals surface area contributed by atoms with Gasteiger partial charge in [0.25, 0.3) is 0 Å². The van der Waals surface area contributed by atoms with Crippen LogP contribution in [-0.4, -0.2) is 34.2 Å². The van der Waals surface area contributed by atoms with Gasteiger partial charge >= 0.3 is 12.0 Å². The predicted octanol–water partition coefficient (Wildman–Crippen LogP) is -0.113. The van der Waals surface area contributed by atoms with Gasteiger partial charge in [0.15, 0.2) is 5.82 Å². The minimum Gasteiger partial charge on any atom is -0.480 e. The average Bonchev–Trinajstić information content (AvgIpc) is 2.24. The molecule has 0 bridgehead atoms. The Morgan fingerprint density at radius 1 is 1.62 bits per heavy atom. The zero-order valence-electron chi connectivity index (χ0n) is 8.90. The third-order valence-corrected chi connectivity index (χ3v) is 1.98. The number of hydrogen-bond acceptors (Lipinski definition) is 5. The van der Waals surface area contributed by atoms with Gasteiger partial charge in [-0.2, -0.15) is 9.97 Å². The lowest BCUT2D eigenvalue weighted by atomic mass is 10.1. The van der Waals surface area contributed by atoms with Crippen molar-refractivity contribution in [2.45, 2.75) is 19.4 Å². The number of aliphatic carboxylic acids is 1. The zero-order valence-corrected chi connectivity index (χ0v) is 8.90. The van der Waals surface area contributed by atoms with Crippen LogP contribution in [0.4, 0.5) is 4.39 Å². The van der Waals surface area contributed by atoms with Crippen LogP contribution < -0.4 is 10.5 Å². The van der Waals surface area contributed by atoms with Crippen LogP contribution in [0.2, 0.25) is 0 Å². The summed E-state index contributed by atoms with van der Waals surface area (Å²) in [6.45, 7) is 1.44. The monoisotopic (exact) mass is 229 g/mol. The molecule has 0 saturated carbocycles. The average molecular weight is 229 g/mol. The lowest BCUT2D eigenvalue weighted by Crippen LogP contribution is -2.33. The number of aromatic nitrogens is 2. The van der Waals surface area contributed by atoms with E-state index < -0.39 is 17.8 Å². The van der Waals surface area contributed by atoms with Crippen molar-refractivity contribution in [3.05, 3.63) is 17.2 Å². The van der Waals surface area contributed by atoms with E-state index in [4.69, 9.17) is 15.6 Å². The fourth-order valence-electron chi connectivity index (χ4n) is 1.11.